The zero-order valence-electron chi connectivity index (χ0n) is 13.3. The molecule has 0 amide bonds. The number of rotatable bonds is 9. The fourth-order valence-corrected chi connectivity index (χ4v) is 1.37. The standard InChI is InChI=1S/C14H27N5O/c1-6-9-20-13-18-11(15-8-3)17-12(19-13)16-10-14(4,5)7-2/h6-10H2,1-5H3,(H2,15,16,17,18,19). The Bertz CT molecular complexity index is 409. The summed E-state index contributed by atoms with van der Waals surface area (Å²) in [6.45, 7) is 12.8. The Labute approximate surface area is 121 Å². The van der Waals surface area contributed by atoms with Crippen molar-refractivity contribution >= 4 is 11.9 Å². The number of aromatic nitrogens is 3. The minimum Gasteiger partial charge on any atom is -0.463 e. The van der Waals surface area contributed by atoms with Gasteiger partial charge in [0.05, 0.1) is 6.61 Å². The second-order valence-corrected chi connectivity index (χ2v) is 5.52. The Hall–Kier alpha value is -1.59. The molecule has 1 aromatic rings. The molecular weight excluding hydrogens is 254 g/mol. The van der Waals surface area contributed by atoms with Crippen LogP contribution in [-0.2, 0) is 0 Å². The lowest BCUT2D eigenvalue weighted by molar-refractivity contribution is 0.292. The van der Waals surface area contributed by atoms with Crippen LogP contribution in [0.25, 0.3) is 0 Å². The van der Waals surface area contributed by atoms with Crippen LogP contribution in [0.2, 0.25) is 0 Å². The molecule has 0 atom stereocenters. The Morgan fingerprint density at radius 3 is 2.20 bits per heavy atom. The SMILES string of the molecule is CCCOc1nc(NCC)nc(NCC(C)(C)CC)n1. The van der Waals surface area contributed by atoms with Crippen LogP contribution in [0.1, 0.15) is 47.5 Å². The van der Waals surface area contributed by atoms with E-state index >= 15 is 0 Å². The molecule has 0 spiro atoms. The number of hydrogen-bond acceptors (Lipinski definition) is 6. The topological polar surface area (TPSA) is 72.0 Å². The van der Waals surface area contributed by atoms with Crippen molar-refractivity contribution in [3.63, 3.8) is 0 Å². The highest BCUT2D eigenvalue weighted by atomic mass is 16.5. The molecule has 1 aromatic heterocycles. The Kier molecular flexibility index (Phi) is 6.48. The number of nitrogens with zero attached hydrogens (tertiary/aromatic N) is 3. The average molecular weight is 281 g/mol. The largest absolute Gasteiger partial charge is 0.463 e. The fraction of sp³-hybridized carbons (Fsp3) is 0.786. The van der Waals surface area contributed by atoms with Gasteiger partial charge in [0.1, 0.15) is 0 Å². The van der Waals surface area contributed by atoms with Crippen molar-refractivity contribution in [1.29, 1.82) is 0 Å². The Morgan fingerprint density at radius 2 is 1.65 bits per heavy atom. The predicted molar refractivity (Wildman–Crippen MR) is 82.3 cm³/mol. The lowest BCUT2D eigenvalue weighted by atomic mass is 9.90. The van der Waals surface area contributed by atoms with E-state index in [0.29, 0.717) is 24.5 Å². The van der Waals surface area contributed by atoms with Crippen molar-refractivity contribution in [2.24, 2.45) is 5.41 Å². The molecule has 0 unspecified atom stereocenters. The van der Waals surface area contributed by atoms with Gasteiger partial charge in [-0.1, -0.05) is 27.7 Å². The van der Waals surface area contributed by atoms with Crippen molar-refractivity contribution in [2.75, 3.05) is 30.3 Å². The first kappa shape index (κ1) is 16.5. The summed E-state index contributed by atoms with van der Waals surface area (Å²) in [5, 5.41) is 6.36. The number of nitrogens with one attached hydrogen (secondary N) is 2. The van der Waals surface area contributed by atoms with E-state index in [1.807, 2.05) is 6.92 Å². The molecule has 1 heterocycles. The smallest absolute Gasteiger partial charge is 0.323 e. The molecule has 0 aliphatic rings. The van der Waals surface area contributed by atoms with E-state index < -0.39 is 0 Å². The zero-order chi connectivity index (χ0) is 15.0. The van der Waals surface area contributed by atoms with Gasteiger partial charge in [-0.25, -0.2) is 0 Å². The van der Waals surface area contributed by atoms with Crippen LogP contribution < -0.4 is 15.4 Å². The lowest BCUT2D eigenvalue weighted by Gasteiger charge is -2.22. The van der Waals surface area contributed by atoms with Gasteiger partial charge in [0, 0.05) is 13.1 Å². The normalized spacial score (nSPS) is 11.2. The average Bonchev–Trinajstić information content (AvgIpc) is 2.43. The van der Waals surface area contributed by atoms with Crippen LogP contribution in [0, 0.1) is 5.41 Å². The van der Waals surface area contributed by atoms with Crippen LogP contribution in [0.5, 0.6) is 6.01 Å². The summed E-state index contributed by atoms with van der Waals surface area (Å²) < 4.78 is 5.50. The highest BCUT2D eigenvalue weighted by molar-refractivity contribution is 5.35. The van der Waals surface area contributed by atoms with Gasteiger partial charge in [0.15, 0.2) is 0 Å². The first-order valence-corrected chi connectivity index (χ1v) is 7.37. The van der Waals surface area contributed by atoms with Crippen molar-refractivity contribution in [3.8, 4) is 6.01 Å². The molecule has 0 fully saturated rings. The van der Waals surface area contributed by atoms with Gasteiger partial charge in [-0.3, -0.25) is 0 Å². The first-order valence-electron chi connectivity index (χ1n) is 7.37. The lowest BCUT2D eigenvalue weighted by Crippen LogP contribution is -2.23. The molecule has 0 saturated carbocycles. The van der Waals surface area contributed by atoms with Gasteiger partial charge in [-0.05, 0) is 25.2 Å². The van der Waals surface area contributed by atoms with Crippen LogP contribution in [-0.4, -0.2) is 34.6 Å². The summed E-state index contributed by atoms with van der Waals surface area (Å²) in [6, 6.07) is 0.370. The van der Waals surface area contributed by atoms with Gasteiger partial charge in [-0.15, -0.1) is 0 Å². The molecule has 0 radical (unpaired) electrons. The van der Waals surface area contributed by atoms with Crippen molar-refractivity contribution in [2.45, 2.75) is 47.5 Å². The molecule has 0 aliphatic heterocycles. The number of anilines is 2. The third-order valence-corrected chi connectivity index (χ3v) is 3.07. The third-order valence-electron chi connectivity index (χ3n) is 3.07. The summed E-state index contributed by atoms with van der Waals surface area (Å²) in [5.41, 5.74) is 0.204. The monoisotopic (exact) mass is 281 g/mol. The molecule has 6 heteroatoms. The van der Waals surface area contributed by atoms with Crippen LogP contribution in [0.3, 0.4) is 0 Å². The van der Waals surface area contributed by atoms with Gasteiger partial charge >= 0.3 is 6.01 Å². The van der Waals surface area contributed by atoms with E-state index in [9.17, 15) is 0 Å². The summed E-state index contributed by atoms with van der Waals surface area (Å²) in [4.78, 5) is 12.9. The van der Waals surface area contributed by atoms with Gasteiger partial charge in [0.2, 0.25) is 11.9 Å². The van der Waals surface area contributed by atoms with E-state index in [1.165, 1.54) is 0 Å². The minimum atomic E-state index is 0.204. The van der Waals surface area contributed by atoms with Crippen LogP contribution >= 0.6 is 0 Å². The van der Waals surface area contributed by atoms with E-state index in [0.717, 1.165) is 25.9 Å². The van der Waals surface area contributed by atoms with Crippen molar-refractivity contribution < 1.29 is 4.74 Å². The minimum absolute atomic E-state index is 0.204. The third kappa shape index (κ3) is 5.59. The van der Waals surface area contributed by atoms with Gasteiger partial charge in [-0.2, -0.15) is 15.0 Å². The Balaban J connectivity index is 2.79. The summed E-state index contributed by atoms with van der Waals surface area (Å²) in [6.07, 6.45) is 2.01. The summed E-state index contributed by atoms with van der Waals surface area (Å²) in [5.74, 6) is 1.11. The molecule has 1 rings (SSSR count). The molecule has 2 N–H and O–H groups in total. The predicted octanol–water partition coefficient (Wildman–Crippen LogP) is 2.94. The van der Waals surface area contributed by atoms with Crippen molar-refractivity contribution in [1.82, 2.24) is 15.0 Å². The molecule has 114 valence electrons. The second-order valence-electron chi connectivity index (χ2n) is 5.52. The quantitative estimate of drug-likeness (QED) is 0.725. The van der Waals surface area contributed by atoms with Crippen molar-refractivity contribution in [3.05, 3.63) is 0 Å². The van der Waals surface area contributed by atoms with E-state index in [2.05, 4.69) is 53.3 Å². The molecule has 6 nitrogen and oxygen atoms in total. The number of ether oxygens (including phenoxy) is 1. The van der Waals surface area contributed by atoms with Crippen LogP contribution in [0.4, 0.5) is 11.9 Å². The van der Waals surface area contributed by atoms with Gasteiger partial charge in [0.25, 0.3) is 0 Å². The molecule has 20 heavy (non-hydrogen) atoms. The van der Waals surface area contributed by atoms with Gasteiger partial charge < -0.3 is 15.4 Å². The maximum atomic E-state index is 5.50. The zero-order valence-corrected chi connectivity index (χ0v) is 13.3. The highest BCUT2D eigenvalue weighted by Gasteiger charge is 2.16. The van der Waals surface area contributed by atoms with E-state index in [1.54, 1.807) is 0 Å². The highest BCUT2D eigenvalue weighted by Crippen LogP contribution is 2.20. The second kappa shape index (κ2) is 7.87. The molecule has 0 aromatic carbocycles. The maximum Gasteiger partial charge on any atom is 0.323 e. The number of hydrogen-bond donors (Lipinski definition) is 2. The fourth-order valence-electron chi connectivity index (χ4n) is 1.37. The molecule has 0 aliphatic carbocycles. The van der Waals surface area contributed by atoms with E-state index in [-0.39, 0.29) is 5.41 Å². The summed E-state index contributed by atoms with van der Waals surface area (Å²) in [7, 11) is 0. The molecular formula is C14H27N5O. The van der Waals surface area contributed by atoms with Crippen LogP contribution in [0.15, 0.2) is 0 Å². The Morgan fingerprint density at radius 1 is 1.00 bits per heavy atom. The molecule has 0 saturated heterocycles. The first-order chi connectivity index (χ1) is 9.50. The maximum absolute atomic E-state index is 5.50. The molecule has 0 bridgehead atoms. The summed E-state index contributed by atoms with van der Waals surface area (Å²) >= 11 is 0. The van der Waals surface area contributed by atoms with E-state index in [4.69, 9.17) is 4.74 Å².